The lowest BCUT2D eigenvalue weighted by atomic mass is 9.82. The number of methoxy groups -OCH3 is 2. The fraction of sp³-hybridized carbons (Fsp3) is 0.176. The first-order valence-electron chi connectivity index (χ1n) is 6.54. The average molecular weight is 282 g/mol. The van der Waals surface area contributed by atoms with E-state index in [2.05, 4.69) is 0 Å². The van der Waals surface area contributed by atoms with Crippen LogP contribution in [0.1, 0.15) is 37.4 Å². The van der Waals surface area contributed by atoms with Crippen LogP contribution in [-0.4, -0.2) is 25.8 Å². The maximum atomic E-state index is 12.9. The lowest BCUT2D eigenvalue weighted by Crippen LogP contribution is -2.22. The number of hydrogen-bond acceptors (Lipinski definition) is 4. The Morgan fingerprint density at radius 2 is 1.52 bits per heavy atom. The SMILES string of the molecule is COc1cccc2c1C(=O)c1c(ccc(C)c1OC)C2=O. The highest BCUT2D eigenvalue weighted by molar-refractivity contribution is 6.30. The van der Waals surface area contributed by atoms with Crippen LogP contribution in [0, 0.1) is 6.92 Å². The van der Waals surface area contributed by atoms with E-state index in [1.807, 2.05) is 6.92 Å². The van der Waals surface area contributed by atoms with Crippen molar-refractivity contribution in [3.8, 4) is 11.5 Å². The lowest BCUT2D eigenvalue weighted by Gasteiger charge is -2.22. The minimum Gasteiger partial charge on any atom is -0.496 e. The summed E-state index contributed by atoms with van der Waals surface area (Å²) in [7, 11) is 2.98. The van der Waals surface area contributed by atoms with Gasteiger partial charge in [-0.05, 0) is 24.6 Å². The van der Waals surface area contributed by atoms with Crippen LogP contribution in [0.25, 0.3) is 0 Å². The second kappa shape index (κ2) is 4.74. The summed E-state index contributed by atoms with van der Waals surface area (Å²) in [5.74, 6) is 0.428. The minimum absolute atomic E-state index is 0.184. The van der Waals surface area contributed by atoms with Crippen LogP contribution in [0.4, 0.5) is 0 Å². The maximum absolute atomic E-state index is 12.9. The lowest BCUT2D eigenvalue weighted by molar-refractivity contribution is 0.0974. The van der Waals surface area contributed by atoms with Crippen LogP contribution in [-0.2, 0) is 0 Å². The van der Waals surface area contributed by atoms with E-state index < -0.39 is 0 Å². The highest BCUT2D eigenvalue weighted by Gasteiger charge is 2.35. The number of fused-ring (bicyclic) bond motifs is 2. The van der Waals surface area contributed by atoms with Gasteiger partial charge in [-0.1, -0.05) is 18.2 Å². The van der Waals surface area contributed by atoms with E-state index in [1.165, 1.54) is 14.2 Å². The Bertz CT molecular complexity index is 775. The van der Waals surface area contributed by atoms with Gasteiger partial charge in [0.05, 0.1) is 25.3 Å². The van der Waals surface area contributed by atoms with Crippen LogP contribution in [0.3, 0.4) is 0 Å². The molecule has 4 heteroatoms. The monoisotopic (exact) mass is 282 g/mol. The van der Waals surface area contributed by atoms with Crippen molar-refractivity contribution < 1.29 is 19.1 Å². The Labute approximate surface area is 122 Å². The standard InChI is InChI=1S/C17H14O4/c1-9-7-8-11-14(17(9)21-3)16(19)13-10(15(11)18)5-4-6-12(13)20-2/h4-8H,1-3H3. The molecular formula is C17H14O4. The Morgan fingerprint density at radius 1 is 0.810 bits per heavy atom. The molecule has 0 N–H and O–H groups in total. The molecule has 0 aliphatic heterocycles. The van der Waals surface area contributed by atoms with E-state index in [0.717, 1.165) is 5.56 Å². The predicted molar refractivity (Wildman–Crippen MR) is 77.6 cm³/mol. The molecule has 21 heavy (non-hydrogen) atoms. The number of ether oxygens (including phenoxy) is 2. The average Bonchev–Trinajstić information content (AvgIpc) is 2.51. The number of ketones is 2. The molecule has 0 heterocycles. The highest BCUT2D eigenvalue weighted by Crippen LogP contribution is 2.38. The van der Waals surface area contributed by atoms with Crippen molar-refractivity contribution in [2.24, 2.45) is 0 Å². The predicted octanol–water partition coefficient (Wildman–Crippen LogP) is 2.79. The largest absolute Gasteiger partial charge is 0.496 e. The fourth-order valence-corrected chi connectivity index (χ4v) is 2.76. The van der Waals surface area contributed by atoms with Gasteiger partial charge in [0.15, 0.2) is 5.78 Å². The van der Waals surface area contributed by atoms with Crippen LogP contribution in [0.15, 0.2) is 30.3 Å². The minimum atomic E-state index is -0.238. The molecule has 0 bridgehead atoms. The Hall–Kier alpha value is -2.62. The van der Waals surface area contributed by atoms with Crippen LogP contribution >= 0.6 is 0 Å². The molecule has 0 amide bonds. The summed E-state index contributed by atoms with van der Waals surface area (Å²) in [4.78, 5) is 25.5. The molecule has 0 radical (unpaired) electrons. The first kappa shape index (κ1) is 13.4. The summed E-state index contributed by atoms with van der Waals surface area (Å²) in [6, 6.07) is 8.49. The number of aryl methyl sites for hydroxylation is 1. The van der Waals surface area contributed by atoms with Gasteiger partial charge < -0.3 is 9.47 Å². The van der Waals surface area contributed by atoms with E-state index in [-0.39, 0.29) is 11.6 Å². The first-order chi connectivity index (χ1) is 10.1. The van der Waals surface area contributed by atoms with Crippen molar-refractivity contribution >= 4 is 11.6 Å². The molecule has 1 aliphatic carbocycles. The number of rotatable bonds is 2. The van der Waals surface area contributed by atoms with Crippen molar-refractivity contribution in [1.29, 1.82) is 0 Å². The summed E-state index contributed by atoms with van der Waals surface area (Å²) < 4.78 is 10.6. The zero-order valence-corrected chi connectivity index (χ0v) is 12.0. The van der Waals surface area contributed by atoms with Gasteiger partial charge in [0.1, 0.15) is 11.5 Å². The fourth-order valence-electron chi connectivity index (χ4n) is 2.76. The summed E-state index contributed by atoms with van der Waals surface area (Å²) in [5.41, 5.74) is 2.19. The van der Waals surface area contributed by atoms with Gasteiger partial charge >= 0.3 is 0 Å². The van der Waals surface area contributed by atoms with Gasteiger partial charge in [-0.15, -0.1) is 0 Å². The molecule has 2 aromatic carbocycles. The molecule has 1 aliphatic rings. The van der Waals surface area contributed by atoms with Crippen molar-refractivity contribution in [1.82, 2.24) is 0 Å². The molecule has 0 aromatic heterocycles. The van der Waals surface area contributed by atoms with E-state index >= 15 is 0 Å². The van der Waals surface area contributed by atoms with Gasteiger partial charge in [0.25, 0.3) is 0 Å². The zero-order valence-electron chi connectivity index (χ0n) is 12.0. The number of hydrogen-bond donors (Lipinski definition) is 0. The van der Waals surface area contributed by atoms with Crippen molar-refractivity contribution in [3.05, 3.63) is 58.1 Å². The van der Waals surface area contributed by atoms with E-state index in [4.69, 9.17) is 9.47 Å². The van der Waals surface area contributed by atoms with Gasteiger partial charge in [-0.2, -0.15) is 0 Å². The molecule has 0 saturated heterocycles. The maximum Gasteiger partial charge on any atom is 0.201 e. The number of carbonyl (C=O) groups is 2. The summed E-state index contributed by atoms with van der Waals surface area (Å²) in [6.45, 7) is 1.84. The third-order valence-corrected chi connectivity index (χ3v) is 3.75. The Balaban J connectivity index is 2.37. The van der Waals surface area contributed by atoms with Crippen molar-refractivity contribution in [3.63, 3.8) is 0 Å². The van der Waals surface area contributed by atoms with E-state index in [9.17, 15) is 9.59 Å². The van der Waals surface area contributed by atoms with Gasteiger partial charge in [-0.3, -0.25) is 9.59 Å². The quantitative estimate of drug-likeness (QED) is 0.725. The second-order valence-corrected chi connectivity index (χ2v) is 4.88. The molecule has 0 atom stereocenters. The second-order valence-electron chi connectivity index (χ2n) is 4.88. The van der Waals surface area contributed by atoms with E-state index in [1.54, 1.807) is 30.3 Å². The molecule has 0 saturated carbocycles. The van der Waals surface area contributed by atoms with Crippen molar-refractivity contribution in [2.45, 2.75) is 6.92 Å². The van der Waals surface area contributed by atoms with Gasteiger partial charge in [0, 0.05) is 11.1 Å². The zero-order chi connectivity index (χ0) is 15.1. The smallest absolute Gasteiger partial charge is 0.201 e. The van der Waals surface area contributed by atoms with Gasteiger partial charge in [-0.25, -0.2) is 0 Å². The Morgan fingerprint density at radius 3 is 2.19 bits per heavy atom. The summed E-state index contributed by atoms with van der Waals surface area (Å²) in [5, 5.41) is 0. The third kappa shape index (κ3) is 1.76. The number of benzene rings is 2. The summed E-state index contributed by atoms with van der Waals surface area (Å²) in [6.07, 6.45) is 0. The highest BCUT2D eigenvalue weighted by atomic mass is 16.5. The molecule has 106 valence electrons. The molecule has 0 spiro atoms. The molecular weight excluding hydrogens is 268 g/mol. The molecule has 0 unspecified atom stereocenters. The molecule has 4 nitrogen and oxygen atoms in total. The van der Waals surface area contributed by atoms with E-state index in [0.29, 0.717) is 33.8 Å². The number of carbonyl (C=O) groups excluding carboxylic acids is 2. The molecule has 3 rings (SSSR count). The molecule has 2 aromatic rings. The Kier molecular flexibility index (Phi) is 3.01. The topological polar surface area (TPSA) is 52.6 Å². The first-order valence-corrected chi connectivity index (χ1v) is 6.54. The third-order valence-electron chi connectivity index (χ3n) is 3.75. The van der Waals surface area contributed by atoms with Gasteiger partial charge in [0.2, 0.25) is 5.78 Å². The normalized spacial score (nSPS) is 12.7. The van der Waals surface area contributed by atoms with Crippen LogP contribution in [0.5, 0.6) is 11.5 Å². The molecule has 0 fully saturated rings. The van der Waals surface area contributed by atoms with Crippen LogP contribution in [0.2, 0.25) is 0 Å². The van der Waals surface area contributed by atoms with Crippen LogP contribution < -0.4 is 9.47 Å². The summed E-state index contributed by atoms with van der Waals surface area (Å²) >= 11 is 0. The van der Waals surface area contributed by atoms with Crippen molar-refractivity contribution in [2.75, 3.05) is 14.2 Å².